The Morgan fingerprint density at radius 1 is 1.19 bits per heavy atom. The van der Waals surface area contributed by atoms with Gasteiger partial charge in [0, 0.05) is 10.6 Å². The van der Waals surface area contributed by atoms with Crippen molar-refractivity contribution in [2.75, 3.05) is 12.3 Å². The normalized spacial score (nSPS) is 10.4. The Hall–Kier alpha value is -2.08. The van der Waals surface area contributed by atoms with Crippen molar-refractivity contribution in [3.05, 3.63) is 53.6 Å². The van der Waals surface area contributed by atoms with Crippen molar-refractivity contribution < 1.29 is 18.3 Å². The summed E-state index contributed by atoms with van der Waals surface area (Å²) in [5, 5.41) is 0. The van der Waals surface area contributed by atoms with Crippen molar-refractivity contribution in [3.8, 4) is 0 Å². The van der Waals surface area contributed by atoms with Gasteiger partial charge in [-0.3, -0.25) is 0 Å². The minimum Gasteiger partial charge on any atom is -0.462 e. The minimum absolute atomic E-state index is 0.0883. The van der Waals surface area contributed by atoms with E-state index in [0.29, 0.717) is 10.6 Å². The molecule has 3 nitrogen and oxygen atoms in total. The average Bonchev–Trinajstić information content (AvgIpc) is 2.45. The van der Waals surface area contributed by atoms with Crippen LogP contribution < -0.4 is 5.73 Å². The molecule has 0 unspecified atom stereocenters. The number of rotatable bonds is 4. The Morgan fingerprint density at radius 3 is 2.67 bits per heavy atom. The molecular formula is C15H13F2NO2S. The van der Waals surface area contributed by atoms with Gasteiger partial charge in [-0.2, -0.15) is 0 Å². The van der Waals surface area contributed by atoms with Gasteiger partial charge in [0.1, 0.15) is 11.6 Å². The number of nitrogens with two attached hydrogens (primary N) is 1. The Labute approximate surface area is 125 Å². The molecule has 2 N–H and O–H groups in total. The predicted octanol–water partition coefficient (Wildman–Crippen LogP) is 3.87. The molecule has 0 aliphatic heterocycles. The molecule has 0 atom stereocenters. The standard InChI is InChI=1S/C15H13F2NO2S/c1-2-20-15(19)11-8-10(18)4-6-13(11)21-14-7-9(16)3-5-12(14)17/h3-8H,2,18H2,1H3. The van der Waals surface area contributed by atoms with Gasteiger partial charge in [-0.1, -0.05) is 11.8 Å². The number of hydrogen-bond donors (Lipinski definition) is 1. The first-order chi connectivity index (χ1) is 10.0. The minimum atomic E-state index is -0.562. The van der Waals surface area contributed by atoms with E-state index < -0.39 is 17.6 Å². The molecular weight excluding hydrogens is 296 g/mol. The van der Waals surface area contributed by atoms with E-state index in [1.54, 1.807) is 19.1 Å². The smallest absolute Gasteiger partial charge is 0.339 e. The molecule has 6 heteroatoms. The van der Waals surface area contributed by atoms with E-state index in [4.69, 9.17) is 10.5 Å². The van der Waals surface area contributed by atoms with Crippen molar-refractivity contribution in [1.82, 2.24) is 0 Å². The molecule has 0 aliphatic carbocycles. The highest BCUT2D eigenvalue weighted by Crippen LogP contribution is 2.34. The molecule has 0 spiro atoms. The van der Waals surface area contributed by atoms with Crippen LogP contribution in [0.3, 0.4) is 0 Å². The lowest BCUT2D eigenvalue weighted by atomic mass is 10.2. The number of benzene rings is 2. The maximum Gasteiger partial charge on any atom is 0.339 e. The summed E-state index contributed by atoms with van der Waals surface area (Å²) in [6.07, 6.45) is 0. The van der Waals surface area contributed by atoms with Gasteiger partial charge in [0.25, 0.3) is 0 Å². The third-order valence-electron chi connectivity index (χ3n) is 2.61. The highest BCUT2D eigenvalue weighted by atomic mass is 32.2. The first kappa shape index (κ1) is 15.3. The lowest BCUT2D eigenvalue weighted by molar-refractivity contribution is 0.0522. The monoisotopic (exact) mass is 309 g/mol. The number of ether oxygens (including phenoxy) is 1. The Morgan fingerprint density at radius 2 is 1.95 bits per heavy atom. The number of esters is 1. The molecule has 0 aliphatic rings. The molecule has 2 aromatic carbocycles. The summed E-state index contributed by atoms with van der Waals surface area (Å²) < 4.78 is 31.8. The van der Waals surface area contributed by atoms with Gasteiger partial charge in [0.2, 0.25) is 0 Å². The zero-order valence-corrected chi connectivity index (χ0v) is 12.0. The highest BCUT2D eigenvalue weighted by molar-refractivity contribution is 7.99. The van der Waals surface area contributed by atoms with Gasteiger partial charge in [-0.25, -0.2) is 13.6 Å². The van der Waals surface area contributed by atoms with Crippen LogP contribution in [0.25, 0.3) is 0 Å². The second-order valence-corrected chi connectivity index (χ2v) is 5.24. The summed E-state index contributed by atoms with van der Waals surface area (Å²) in [4.78, 5) is 12.4. The van der Waals surface area contributed by atoms with Crippen LogP contribution in [0.2, 0.25) is 0 Å². The van der Waals surface area contributed by atoms with Crippen molar-refractivity contribution in [1.29, 1.82) is 0 Å². The first-order valence-corrected chi connectivity index (χ1v) is 7.02. The summed E-state index contributed by atoms with van der Waals surface area (Å²) in [6.45, 7) is 1.90. The molecule has 0 heterocycles. The van der Waals surface area contributed by atoms with E-state index in [2.05, 4.69) is 0 Å². The Bertz CT molecular complexity index is 677. The largest absolute Gasteiger partial charge is 0.462 e. The molecule has 0 aromatic heterocycles. The summed E-state index contributed by atoms with van der Waals surface area (Å²) in [7, 11) is 0. The van der Waals surface area contributed by atoms with E-state index in [1.165, 1.54) is 6.07 Å². The number of carbonyl (C=O) groups is 1. The van der Waals surface area contributed by atoms with Gasteiger partial charge in [0.05, 0.1) is 17.1 Å². The van der Waals surface area contributed by atoms with Crippen LogP contribution in [0.4, 0.5) is 14.5 Å². The lowest BCUT2D eigenvalue weighted by Gasteiger charge is -2.10. The quantitative estimate of drug-likeness (QED) is 0.688. The van der Waals surface area contributed by atoms with Gasteiger partial charge in [-0.05, 0) is 43.3 Å². The fraction of sp³-hybridized carbons (Fsp3) is 0.133. The first-order valence-electron chi connectivity index (χ1n) is 6.20. The molecule has 2 rings (SSSR count). The molecule has 0 fully saturated rings. The van der Waals surface area contributed by atoms with Crippen molar-refractivity contribution in [3.63, 3.8) is 0 Å². The van der Waals surface area contributed by atoms with Crippen LogP contribution in [-0.4, -0.2) is 12.6 Å². The number of nitrogen functional groups attached to an aromatic ring is 1. The number of halogens is 2. The SMILES string of the molecule is CCOC(=O)c1cc(N)ccc1Sc1cc(F)ccc1F. The molecule has 2 aromatic rings. The van der Waals surface area contributed by atoms with Crippen LogP contribution in [0.15, 0.2) is 46.2 Å². The number of hydrogen-bond acceptors (Lipinski definition) is 4. The van der Waals surface area contributed by atoms with E-state index in [1.807, 2.05) is 0 Å². The third-order valence-corrected chi connectivity index (χ3v) is 3.72. The lowest BCUT2D eigenvalue weighted by Crippen LogP contribution is -2.07. The molecule has 0 radical (unpaired) electrons. The van der Waals surface area contributed by atoms with Crippen LogP contribution in [0.1, 0.15) is 17.3 Å². The molecule has 0 amide bonds. The zero-order valence-electron chi connectivity index (χ0n) is 11.2. The van der Waals surface area contributed by atoms with E-state index in [-0.39, 0.29) is 17.1 Å². The maximum atomic E-state index is 13.7. The second kappa shape index (κ2) is 6.58. The van der Waals surface area contributed by atoms with Crippen molar-refractivity contribution in [2.24, 2.45) is 0 Å². The van der Waals surface area contributed by atoms with E-state index in [0.717, 1.165) is 30.0 Å². The summed E-state index contributed by atoms with van der Waals surface area (Å²) >= 11 is 0.947. The highest BCUT2D eigenvalue weighted by Gasteiger charge is 2.16. The van der Waals surface area contributed by atoms with Crippen molar-refractivity contribution >= 4 is 23.4 Å². The van der Waals surface area contributed by atoms with Gasteiger partial charge >= 0.3 is 5.97 Å². The van der Waals surface area contributed by atoms with Gasteiger partial charge in [-0.15, -0.1) is 0 Å². The van der Waals surface area contributed by atoms with Crippen LogP contribution in [-0.2, 0) is 4.74 Å². The molecule has 21 heavy (non-hydrogen) atoms. The van der Waals surface area contributed by atoms with E-state index >= 15 is 0 Å². The fourth-order valence-corrected chi connectivity index (χ4v) is 2.64. The summed E-state index contributed by atoms with van der Waals surface area (Å²) in [5.41, 5.74) is 6.28. The second-order valence-electron chi connectivity index (χ2n) is 4.15. The third kappa shape index (κ3) is 3.72. The fourth-order valence-electron chi connectivity index (χ4n) is 1.68. The van der Waals surface area contributed by atoms with Crippen LogP contribution in [0.5, 0.6) is 0 Å². The summed E-state index contributed by atoms with van der Waals surface area (Å²) in [5.74, 6) is -1.66. The van der Waals surface area contributed by atoms with Gasteiger partial charge in [0.15, 0.2) is 0 Å². The van der Waals surface area contributed by atoms with Crippen molar-refractivity contribution in [2.45, 2.75) is 16.7 Å². The van der Waals surface area contributed by atoms with Gasteiger partial charge < -0.3 is 10.5 Å². The van der Waals surface area contributed by atoms with Crippen LogP contribution >= 0.6 is 11.8 Å². The Balaban J connectivity index is 2.39. The number of anilines is 1. The topological polar surface area (TPSA) is 52.3 Å². The average molecular weight is 309 g/mol. The molecule has 0 saturated heterocycles. The molecule has 110 valence electrons. The maximum absolute atomic E-state index is 13.7. The zero-order chi connectivity index (χ0) is 15.4. The molecule has 0 bridgehead atoms. The predicted molar refractivity (Wildman–Crippen MR) is 77.3 cm³/mol. The van der Waals surface area contributed by atoms with Crippen LogP contribution in [0, 0.1) is 11.6 Å². The Kier molecular flexibility index (Phi) is 4.80. The van der Waals surface area contributed by atoms with E-state index in [9.17, 15) is 13.6 Å². The summed E-state index contributed by atoms with van der Waals surface area (Å²) in [6, 6.07) is 7.77. The number of carbonyl (C=O) groups excluding carboxylic acids is 1. The molecule has 0 saturated carbocycles.